The first-order chi connectivity index (χ1) is 11.4. The summed E-state index contributed by atoms with van der Waals surface area (Å²) in [6, 6.07) is 11.2. The number of H-pyrrole nitrogens is 1. The van der Waals surface area contributed by atoms with Crippen LogP contribution in [0.25, 0.3) is 10.9 Å². The lowest BCUT2D eigenvalue weighted by Crippen LogP contribution is -2.25. The number of aromatic nitrogens is 1. The number of fused-ring (bicyclic) bond motifs is 2. The monoisotopic (exact) mass is 385 g/mol. The van der Waals surface area contributed by atoms with Gasteiger partial charge in [0.05, 0.1) is 11.0 Å². The van der Waals surface area contributed by atoms with E-state index < -0.39 is 0 Å². The van der Waals surface area contributed by atoms with Crippen LogP contribution in [0.1, 0.15) is 31.0 Å². The SMILES string of the molecule is CC1(C)c2cc(Br)ccc2NC1c1c[nH]c2ccc([N+](=O)[O-])cc12. The molecule has 0 bridgehead atoms. The van der Waals surface area contributed by atoms with Crippen molar-refractivity contribution in [1.82, 2.24) is 4.98 Å². The van der Waals surface area contributed by atoms with Crippen molar-refractivity contribution in [3.05, 3.63) is 68.3 Å². The number of halogens is 1. The van der Waals surface area contributed by atoms with Gasteiger partial charge in [0.1, 0.15) is 0 Å². The molecule has 0 fully saturated rings. The van der Waals surface area contributed by atoms with E-state index in [1.807, 2.05) is 12.3 Å². The molecular formula is C18H16BrN3O2. The van der Waals surface area contributed by atoms with Crippen molar-refractivity contribution in [3.8, 4) is 0 Å². The highest BCUT2D eigenvalue weighted by Gasteiger charge is 2.41. The second-order valence-corrected chi connectivity index (χ2v) is 7.64. The number of aromatic amines is 1. The first kappa shape index (κ1) is 15.2. The van der Waals surface area contributed by atoms with E-state index in [1.165, 1.54) is 11.6 Å². The van der Waals surface area contributed by atoms with Crippen molar-refractivity contribution in [1.29, 1.82) is 0 Å². The molecular weight excluding hydrogens is 370 g/mol. The van der Waals surface area contributed by atoms with Crippen LogP contribution in [0.5, 0.6) is 0 Å². The molecule has 0 saturated carbocycles. The van der Waals surface area contributed by atoms with Gasteiger partial charge in [-0.25, -0.2) is 0 Å². The molecule has 0 spiro atoms. The molecule has 3 aromatic rings. The quantitative estimate of drug-likeness (QED) is 0.465. The summed E-state index contributed by atoms with van der Waals surface area (Å²) >= 11 is 3.54. The van der Waals surface area contributed by atoms with Crippen molar-refractivity contribution >= 4 is 38.2 Å². The summed E-state index contributed by atoms with van der Waals surface area (Å²) < 4.78 is 1.05. The molecule has 5 nitrogen and oxygen atoms in total. The third-order valence-electron chi connectivity index (χ3n) is 4.92. The van der Waals surface area contributed by atoms with E-state index in [0.717, 1.165) is 26.6 Å². The Bertz CT molecular complexity index is 978. The number of non-ortho nitro benzene ring substituents is 1. The molecule has 1 atom stereocenters. The summed E-state index contributed by atoms with van der Waals surface area (Å²) in [6.07, 6.45) is 1.95. The summed E-state index contributed by atoms with van der Waals surface area (Å²) in [6.45, 7) is 4.39. The zero-order valence-corrected chi connectivity index (χ0v) is 14.8. The number of hydrogen-bond acceptors (Lipinski definition) is 3. The predicted molar refractivity (Wildman–Crippen MR) is 98.5 cm³/mol. The fraction of sp³-hybridized carbons (Fsp3) is 0.222. The minimum Gasteiger partial charge on any atom is -0.377 e. The summed E-state index contributed by atoms with van der Waals surface area (Å²) in [5, 5.41) is 15.6. The van der Waals surface area contributed by atoms with Crippen molar-refractivity contribution in [2.45, 2.75) is 25.3 Å². The largest absolute Gasteiger partial charge is 0.377 e. The summed E-state index contributed by atoms with van der Waals surface area (Å²) in [4.78, 5) is 14.0. The van der Waals surface area contributed by atoms with E-state index in [2.05, 4.69) is 52.2 Å². The maximum Gasteiger partial charge on any atom is 0.270 e. The van der Waals surface area contributed by atoms with Gasteiger partial charge in [0.25, 0.3) is 5.69 Å². The van der Waals surface area contributed by atoms with Crippen LogP contribution >= 0.6 is 15.9 Å². The Morgan fingerprint density at radius 1 is 1.21 bits per heavy atom. The average molecular weight is 386 g/mol. The van der Waals surface area contributed by atoms with Crippen molar-refractivity contribution in [2.75, 3.05) is 5.32 Å². The fourth-order valence-corrected chi connectivity index (χ4v) is 3.98. The zero-order valence-electron chi connectivity index (χ0n) is 13.3. The maximum absolute atomic E-state index is 11.1. The number of anilines is 1. The number of rotatable bonds is 2. The molecule has 1 unspecified atom stereocenters. The van der Waals surface area contributed by atoms with E-state index in [-0.39, 0.29) is 22.1 Å². The third kappa shape index (κ3) is 2.13. The van der Waals surface area contributed by atoms with Gasteiger partial charge in [0.2, 0.25) is 0 Å². The Morgan fingerprint density at radius 3 is 2.75 bits per heavy atom. The second kappa shape index (κ2) is 5.08. The van der Waals surface area contributed by atoms with Gasteiger partial charge < -0.3 is 10.3 Å². The molecule has 4 rings (SSSR count). The smallest absolute Gasteiger partial charge is 0.270 e. The first-order valence-corrected chi connectivity index (χ1v) is 8.49. The molecule has 1 aliphatic heterocycles. The number of hydrogen-bond donors (Lipinski definition) is 2. The second-order valence-electron chi connectivity index (χ2n) is 6.72. The molecule has 2 heterocycles. The molecule has 0 amide bonds. The molecule has 2 N–H and O–H groups in total. The highest BCUT2D eigenvalue weighted by molar-refractivity contribution is 9.10. The molecule has 1 aromatic heterocycles. The van der Waals surface area contributed by atoms with Crippen molar-refractivity contribution in [2.24, 2.45) is 0 Å². The van der Waals surface area contributed by atoms with Gasteiger partial charge in [-0.05, 0) is 29.8 Å². The molecule has 0 radical (unpaired) electrons. The lowest BCUT2D eigenvalue weighted by Gasteiger charge is -2.27. The number of nitrogens with one attached hydrogen (secondary N) is 2. The van der Waals surface area contributed by atoms with E-state index in [4.69, 9.17) is 0 Å². The maximum atomic E-state index is 11.1. The number of nitro benzene ring substituents is 1. The lowest BCUT2D eigenvalue weighted by molar-refractivity contribution is -0.384. The first-order valence-electron chi connectivity index (χ1n) is 7.70. The van der Waals surface area contributed by atoms with E-state index in [0.29, 0.717) is 0 Å². The summed E-state index contributed by atoms with van der Waals surface area (Å²) in [5.41, 5.74) is 4.27. The van der Waals surface area contributed by atoms with Gasteiger partial charge in [-0.1, -0.05) is 29.8 Å². The van der Waals surface area contributed by atoms with Gasteiger partial charge in [-0.15, -0.1) is 0 Å². The van der Waals surface area contributed by atoms with Gasteiger partial charge in [0, 0.05) is 50.4 Å². The Balaban J connectivity index is 1.87. The van der Waals surface area contributed by atoms with Crippen LogP contribution in [0.2, 0.25) is 0 Å². The normalized spacial score (nSPS) is 18.4. The molecule has 0 aliphatic carbocycles. The van der Waals surface area contributed by atoms with Crippen LogP contribution in [-0.2, 0) is 5.41 Å². The Kier molecular flexibility index (Phi) is 3.22. The topological polar surface area (TPSA) is 71.0 Å². The molecule has 122 valence electrons. The Hall–Kier alpha value is -2.34. The van der Waals surface area contributed by atoms with Crippen LogP contribution in [0, 0.1) is 10.1 Å². The molecule has 0 saturated heterocycles. The van der Waals surface area contributed by atoms with Gasteiger partial charge in [-0.2, -0.15) is 0 Å². The standard InChI is InChI=1S/C18H16BrN3O2/c1-18(2)14-7-10(19)3-5-16(14)21-17(18)13-9-20-15-6-4-11(22(23)24)8-12(13)15/h3-9,17,20-21H,1-2H3. The van der Waals surface area contributed by atoms with E-state index in [1.54, 1.807) is 12.1 Å². The van der Waals surface area contributed by atoms with Gasteiger partial charge in [0.15, 0.2) is 0 Å². The highest BCUT2D eigenvalue weighted by atomic mass is 79.9. The lowest BCUT2D eigenvalue weighted by atomic mass is 9.78. The molecule has 24 heavy (non-hydrogen) atoms. The van der Waals surface area contributed by atoms with Crippen LogP contribution < -0.4 is 5.32 Å². The number of nitrogens with zero attached hydrogens (tertiary/aromatic N) is 1. The molecule has 2 aromatic carbocycles. The van der Waals surface area contributed by atoms with Gasteiger partial charge in [-0.3, -0.25) is 10.1 Å². The van der Waals surface area contributed by atoms with E-state index >= 15 is 0 Å². The molecule has 1 aliphatic rings. The summed E-state index contributed by atoms with van der Waals surface area (Å²) in [5.74, 6) is 0. The predicted octanol–water partition coefficient (Wildman–Crippen LogP) is 5.28. The van der Waals surface area contributed by atoms with Crippen LogP contribution in [0.15, 0.2) is 47.1 Å². The van der Waals surface area contributed by atoms with Crippen LogP contribution in [0.4, 0.5) is 11.4 Å². The highest BCUT2D eigenvalue weighted by Crippen LogP contribution is 2.50. The third-order valence-corrected chi connectivity index (χ3v) is 5.41. The molecule has 6 heteroatoms. The minimum absolute atomic E-state index is 0.0394. The minimum atomic E-state index is -0.352. The van der Waals surface area contributed by atoms with Crippen LogP contribution in [0.3, 0.4) is 0 Å². The summed E-state index contributed by atoms with van der Waals surface area (Å²) in [7, 11) is 0. The van der Waals surface area contributed by atoms with E-state index in [9.17, 15) is 10.1 Å². The average Bonchev–Trinajstić information content (AvgIpc) is 3.06. The van der Waals surface area contributed by atoms with Crippen molar-refractivity contribution < 1.29 is 4.92 Å². The fourth-order valence-electron chi connectivity index (χ4n) is 3.62. The number of benzene rings is 2. The Morgan fingerprint density at radius 2 is 2.00 bits per heavy atom. The van der Waals surface area contributed by atoms with Crippen LogP contribution in [-0.4, -0.2) is 9.91 Å². The van der Waals surface area contributed by atoms with Gasteiger partial charge >= 0.3 is 0 Å². The number of nitro groups is 1. The Labute approximate surface area is 147 Å². The zero-order chi connectivity index (χ0) is 17.1. The van der Waals surface area contributed by atoms with Crippen molar-refractivity contribution in [3.63, 3.8) is 0 Å².